The number of hydrogen-bond acceptors (Lipinski definition) is 3. The summed E-state index contributed by atoms with van der Waals surface area (Å²) in [5.41, 5.74) is 6.32. The maximum Gasteiger partial charge on any atom is 0.171 e. The molecule has 1 aromatic rings. The minimum absolute atomic E-state index is 0.123. The monoisotopic (exact) mass is 331 g/mol. The van der Waals surface area contributed by atoms with Gasteiger partial charge in [0.15, 0.2) is 11.7 Å². The van der Waals surface area contributed by atoms with E-state index in [1.165, 1.54) is 0 Å². The molecule has 0 atom stereocenters. The van der Waals surface area contributed by atoms with E-state index >= 15 is 0 Å². The summed E-state index contributed by atoms with van der Waals surface area (Å²) in [7, 11) is 1.87. The fourth-order valence-corrected chi connectivity index (χ4v) is 2.63. The maximum absolute atomic E-state index is 14.4. The molecule has 0 spiro atoms. The van der Waals surface area contributed by atoms with Gasteiger partial charge in [-0.3, -0.25) is 0 Å². The molecule has 0 aliphatic rings. The van der Waals surface area contributed by atoms with Gasteiger partial charge in [-0.1, -0.05) is 19.0 Å². The molecule has 0 saturated heterocycles. The molecule has 0 saturated carbocycles. The number of anilines is 1. The third-order valence-electron chi connectivity index (χ3n) is 3.32. The molecular weight excluding hydrogens is 313 g/mol. The van der Waals surface area contributed by atoms with Crippen molar-refractivity contribution in [1.29, 1.82) is 0 Å². The average molecular weight is 332 g/mol. The zero-order valence-corrected chi connectivity index (χ0v) is 12.9. The number of hydrogen-bond donors (Lipinski definition) is 2. The molecule has 19 heavy (non-hydrogen) atoms. The van der Waals surface area contributed by atoms with E-state index < -0.39 is 5.82 Å². The van der Waals surface area contributed by atoms with E-state index in [1.54, 1.807) is 12.1 Å². The molecule has 106 valence electrons. The predicted octanol–water partition coefficient (Wildman–Crippen LogP) is 3.31. The average Bonchev–Trinajstić information content (AvgIpc) is 2.42. The van der Waals surface area contributed by atoms with Crippen LogP contribution in [0.4, 0.5) is 10.1 Å². The van der Waals surface area contributed by atoms with Crippen LogP contribution >= 0.6 is 15.9 Å². The predicted molar refractivity (Wildman–Crippen MR) is 79.4 cm³/mol. The third-order valence-corrected chi connectivity index (χ3v) is 4.09. The molecule has 0 unspecified atom stereocenters. The van der Waals surface area contributed by atoms with Crippen molar-refractivity contribution in [3.63, 3.8) is 0 Å². The topological polar surface area (TPSA) is 61.8 Å². The Hall–Kier alpha value is -1.30. The van der Waals surface area contributed by atoms with E-state index in [1.807, 2.05) is 11.9 Å². The lowest BCUT2D eigenvalue weighted by Crippen LogP contribution is -2.31. The molecule has 0 amide bonds. The summed E-state index contributed by atoms with van der Waals surface area (Å²) in [5, 5.41) is 11.5. The molecule has 1 aromatic carbocycles. The summed E-state index contributed by atoms with van der Waals surface area (Å²) >= 11 is 3.16. The van der Waals surface area contributed by atoms with Gasteiger partial charge in [0.25, 0.3) is 0 Å². The number of oxime groups is 1. The quantitative estimate of drug-likeness (QED) is 0.376. The second kappa shape index (κ2) is 6.75. The lowest BCUT2D eigenvalue weighted by molar-refractivity contribution is 0.318. The highest BCUT2D eigenvalue weighted by atomic mass is 79.9. The second-order valence-corrected chi connectivity index (χ2v) is 5.12. The zero-order valence-electron chi connectivity index (χ0n) is 11.3. The van der Waals surface area contributed by atoms with Crippen molar-refractivity contribution in [2.45, 2.75) is 32.7 Å². The molecular formula is C13H19BrFN3O. The molecule has 0 aliphatic heterocycles. The number of benzene rings is 1. The Kier molecular flexibility index (Phi) is 5.60. The largest absolute Gasteiger partial charge is 0.409 e. The first-order valence-corrected chi connectivity index (χ1v) is 6.95. The van der Waals surface area contributed by atoms with Crippen molar-refractivity contribution >= 4 is 27.5 Å². The van der Waals surface area contributed by atoms with Crippen LogP contribution in [-0.4, -0.2) is 24.1 Å². The van der Waals surface area contributed by atoms with Crippen LogP contribution in [-0.2, 0) is 0 Å². The molecule has 6 heteroatoms. The van der Waals surface area contributed by atoms with Crippen LogP contribution < -0.4 is 10.6 Å². The molecule has 1 rings (SSSR count). The standard InChI is InChI=1S/C13H19BrFN3O/c1-4-8(5-2)18(3)10-7-6-9(13(16)17-19)11(14)12(10)15/h6-8,19H,4-5H2,1-3H3,(H2,16,17). The first-order valence-electron chi connectivity index (χ1n) is 6.16. The number of amidine groups is 1. The maximum atomic E-state index is 14.4. The summed E-state index contributed by atoms with van der Waals surface area (Å²) in [6.07, 6.45) is 1.87. The number of rotatable bonds is 5. The van der Waals surface area contributed by atoms with Crippen LogP contribution in [0.15, 0.2) is 21.8 Å². The number of nitrogens with two attached hydrogens (primary N) is 1. The minimum Gasteiger partial charge on any atom is -0.409 e. The van der Waals surface area contributed by atoms with E-state index in [0.29, 0.717) is 11.3 Å². The van der Waals surface area contributed by atoms with Crippen LogP contribution in [0.2, 0.25) is 0 Å². The summed E-state index contributed by atoms with van der Waals surface area (Å²) in [5.74, 6) is -0.527. The van der Waals surface area contributed by atoms with Crippen LogP contribution in [0.3, 0.4) is 0 Å². The summed E-state index contributed by atoms with van der Waals surface area (Å²) in [4.78, 5) is 1.91. The Morgan fingerprint density at radius 2 is 2.05 bits per heavy atom. The molecule has 4 nitrogen and oxygen atoms in total. The SMILES string of the molecule is CCC(CC)N(C)c1ccc(/C(N)=N/O)c(Br)c1F. The molecule has 0 bridgehead atoms. The normalized spacial score (nSPS) is 12.0. The smallest absolute Gasteiger partial charge is 0.171 e. The minimum atomic E-state index is -0.404. The van der Waals surface area contributed by atoms with Gasteiger partial charge in [0.05, 0.1) is 10.2 Å². The van der Waals surface area contributed by atoms with Crippen molar-refractivity contribution < 1.29 is 9.60 Å². The molecule has 0 radical (unpaired) electrons. The molecule has 0 aliphatic carbocycles. The summed E-state index contributed by atoms with van der Waals surface area (Å²) in [6, 6.07) is 3.55. The van der Waals surface area contributed by atoms with Crippen LogP contribution in [0.1, 0.15) is 32.3 Å². The van der Waals surface area contributed by atoms with E-state index in [4.69, 9.17) is 10.9 Å². The molecule has 3 N–H and O–H groups in total. The highest BCUT2D eigenvalue weighted by molar-refractivity contribution is 9.10. The van der Waals surface area contributed by atoms with Gasteiger partial charge in [-0.25, -0.2) is 4.39 Å². The summed E-state index contributed by atoms with van der Waals surface area (Å²) in [6.45, 7) is 4.14. The van der Waals surface area contributed by atoms with Crippen LogP contribution in [0, 0.1) is 5.82 Å². The number of halogens is 2. The fourth-order valence-electron chi connectivity index (χ4n) is 2.10. The van der Waals surface area contributed by atoms with Gasteiger partial charge < -0.3 is 15.8 Å². The Morgan fingerprint density at radius 3 is 2.53 bits per heavy atom. The Bertz CT molecular complexity index is 475. The van der Waals surface area contributed by atoms with Gasteiger partial charge in [0.2, 0.25) is 0 Å². The fraction of sp³-hybridized carbons (Fsp3) is 0.462. The van der Waals surface area contributed by atoms with Gasteiger partial charge in [-0.05, 0) is 40.9 Å². The van der Waals surface area contributed by atoms with Crippen molar-refractivity contribution in [3.05, 3.63) is 28.0 Å². The van der Waals surface area contributed by atoms with E-state index in [2.05, 4.69) is 34.9 Å². The first-order chi connectivity index (χ1) is 8.97. The Balaban J connectivity index is 3.23. The van der Waals surface area contributed by atoms with Gasteiger partial charge >= 0.3 is 0 Å². The Labute approximate surface area is 121 Å². The number of nitrogens with zero attached hydrogens (tertiary/aromatic N) is 2. The van der Waals surface area contributed by atoms with Crippen molar-refractivity contribution in [1.82, 2.24) is 0 Å². The van der Waals surface area contributed by atoms with E-state index in [-0.39, 0.29) is 16.4 Å². The van der Waals surface area contributed by atoms with Gasteiger partial charge in [0.1, 0.15) is 0 Å². The highest BCUT2D eigenvalue weighted by Gasteiger charge is 2.19. The van der Waals surface area contributed by atoms with Crippen molar-refractivity contribution in [2.24, 2.45) is 10.9 Å². The van der Waals surface area contributed by atoms with Crippen LogP contribution in [0.5, 0.6) is 0 Å². The zero-order chi connectivity index (χ0) is 14.6. The second-order valence-electron chi connectivity index (χ2n) is 4.33. The molecule has 0 aromatic heterocycles. The lowest BCUT2D eigenvalue weighted by Gasteiger charge is -2.29. The van der Waals surface area contributed by atoms with Gasteiger partial charge in [-0.2, -0.15) is 0 Å². The van der Waals surface area contributed by atoms with Crippen molar-refractivity contribution in [3.8, 4) is 0 Å². The van der Waals surface area contributed by atoms with Crippen molar-refractivity contribution in [2.75, 3.05) is 11.9 Å². The first kappa shape index (κ1) is 15.8. The molecule has 0 heterocycles. The van der Waals surface area contributed by atoms with E-state index in [9.17, 15) is 4.39 Å². The van der Waals surface area contributed by atoms with Gasteiger partial charge in [0, 0.05) is 18.7 Å². The van der Waals surface area contributed by atoms with Gasteiger partial charge in [-0.15, -0.1) is 0 Å². The lowest BCUT2D eigenvalue weighted by atomic mass is 10.1. The van der Waals surface area contributed by atoms with E-state index in [0.717, 1.165) is 12.8 Å². The Morgan fingerprint density at radius 1 is 1.47 bits per heavy atom. The van der Waals surface area contributed by atoms with Crippen LogP contribution in [0.25, 0.3) is 0 Å². The highest BCUT2D eigenvalue weighted by Crippen LogP contribution is 2.30. The summed E-state index contributed by atoms with van der Waals surface area (Å²) < 4.78 is 14.6. The molecule has 0 fully saturated rings. The third kappa shape index (κ3) is 3.18.